The van der Waals surface area contributed by atoms with Gasteiger partial charge in [-0.3, -0.25) is 0 Å². The molecular weight excluding hydrogens is 208 g/mol. The van der Waals surface area contributed by atoms with E-state index >= 15 is 0 Å². The lowest BCUT2D eigenvalue weighted by atomic mass is 10.1. The summed E-state index contributed by atoms with van der Waals surface area (Å²) >= 11 is 0. The van der Waals surface area contributed by atoms with Crippen LogP contribution < -0.4 is 10.6 Å². The van der Waals surface area contributed by atoms with Crippen molar-refractivity contribution in [2.45, 2.75) is 51.6 Å². The van der Waals surface area contributed by atoms with Crippen LogP contribution in [0.3, 0.4) is 0 Å². The van der Waals surface area contributed by atoms with E-state index in [1.165, 1.54) is 36.9 Å². The molecule has 1 saturated carbocycles. The lowest BCUT2D eigenvalue weighted by Gasteiger charge is -2.30. The summed E-state index contributed by atoms with van der Waals surface area (Å²) in [6.45, 7) is 5.38. The monoisotopic (exact) mass is 232 g/mol. The number of nitrogens with two attached hydrogens (primary N) is 1. The zero-order chi connectivity index (χ0) is 12.3. The third kappa shape index (κ3) is 2.81. The van der Waals surface area contributed by atoms with Gasteiger partial charge in [-0.2, -0.15) is 0 Å². The highest BCUT2D eigenvalue weighted by Crippen LogP contribution is 2.28. The fourth-order valence-electron chi connectivity index (χ4n) is 2.84. The molecule has 0 spiro atoms. The van der Waals surface area contributed by atoms with Gasteiger partial charge < -0.3 is 10.6 Å². The van der Waals surface area contributed by atoms with E-state index in [4.69, 9.17) is 5.73 Å². The molecule has 2 N–H and O–H groups in total. The number of hydrogen-bond donors (Lipinski definition) is 1. The standard InChI is InChI=1S/C15H24N2/c1-3-17(14-6-4-5-7-14)15-10-8-13(9-11-15)12(2)16/h8-12,14H,3-7,16H2,1-2H3. The Balaban J connectivity index is 2.13. The second-order valence-corrected chi connectivity index (χ2v) is 5.10. The average Bonchev–Trinajstić information content (AvgIpc) is 2.84. The average molecular weight is 232 g/mol. The minimum Gasteiger partial charge on any atom is -0.369 e. The van der Waals surface area contributed by atoms with Gasteiger partial charge in [-0.15, -0.1) is 0 Å². The molecule has 0 saturated heterocycles. The molecule has 0 heterocycles. The Morgan fingerprint density at radius 2 is 1.82 bits per heavy atom. The number of anilines is 1. The highest BCUT2D eigenvalue weighted by Gasteiger charge is 2.21. The topological polar surface area (TPSA) is 29.3 Å². The van der Waals surface area contributed by atoms with Crippen LogP contribution in [0.2, 0.25) is 0 Å². The minimum atomic E-state index is 0.130. The Morgan fingerprint density at radius 1 is 1.24 bits per heavy atom. The highest BCUT2D eigenvalue weighted by atomic mass is 15.2. The SMILES string of the molecule is CCN(c1ccc(C(C)N)cc1)C1CCCC1. The minimum absolute atomic E-state index is 0.130. The molecular formula is C15H24N2. The lowest BCUT2D eigenvalue weighted by Crippen LogP contribution is -2.32. The van der Waals surface area contributed by atoms with Crippen molar-refractivity contribution in [1.82, 2.24) is 0 Å². The Kier molecular flexibility index (Phi) is 4.06. The molecule has 1 aliphatic rings. The number of hydrogen-bond acceptors (Lipinski definition) is 2. The normalized spacial score (nSPS) is 18.3. The van der Waals surface area contributed by atoms with Crippen LogP contribution in [-0.2, 0) is 0 Å². The van der Waals surface area contributed by atoms with E-state index in [-0.39, 0.29) is 6.04 Å². The van der Waals surface area contributed by atoms with Crippen LogP contribution in [-0.4, -0.2) is 12.6 Å². The van der Waals surface area contributed by atoms with Crippen molar-refractivity contribution < 1.29 is 0 Å². The van der Waals surface area contributed by atoms with Crippen molar-refractivity contribution in [3.05, 3.63) is 29.8 Å². The quantitative estimate of drug-likeness (QED) is 0.861. The van der Waals surface area contributed by atoms with E-state index in [0.717, 1.165) is 12.6 Å². The van der Waals surface area contributed by atoms with Gasteiger partial charge in [-0.25, -0.2) is 0 Å². The lowest BCUT2D eigenvalue weighted by molar-refractivity contribution is 0.620. The molecule has 0 aromatic heterocycles. The summed E-state index contributed by atoms with van der Waals surface area (Å²) in [6, 6.07) is 9.66. The molecule has 1 unspecified atom stereocenters. The van der Waals surface area contributed by atoms with Crippen LogP contribution in [0.15, 0.2) is 24.3 Å². The van der Waals surface area contributed by atoms with Gasteiger partial charge in [0.05, 0.1) is 0 Å². The van der Waals surface area contributed by atoms with Gasteiger partial charge in [0.25, 0.3) is 0 Å². The molecule has 0 radical (unpaired) electrons. The molecule has 1 aliphatic carbocycles. The summed E-state index contributed by atoms with van der Waals surface area (Å²) < 4.78 is 0. The molecule has 2 nitrogen and oxygen atoms in total. The summed E-state index contributed by atoms with van der Waals surface area (Å²) in [7, 11) is 0. The predicted molar refractivity (Wildman–Crippen MR) is 74.3 cm³/mol. The van der Waals surface area contributed by atoms with Crippen LogP contribution >= 0.6 is 0 Å². The molecule has 17 heavy (non-hydrogen) atoms. The van der Waals surface area contributed by atoms with Crippen molar-refractivity contribution >= 4 is 5.69 Å². The van der Waals surface area contributed by atoms with E-state index in [1.54, 1.807) is 0 Å². The molecule has 1 aromatic rings. The van der Waals surface area contributed by atoms with Crippen molar-refractivity contribution in [3.8, 4) is 0 Å². The van der Waals surface area contributed by atoms with Crippen LogP contribution in [0, 0.1) is 0 Å². The van der Waals surface area contributed by atoms with Crippen molar-refractivity contribution in [2.24, 2.45) is 5.73 Å². The van der Waals surface area contributed by atoms with E-state index in [2.05, 4.69) is 36.1 Å². The van der Waals surface area contributed by atoms with E-state index in [9.17, 15) is 0 Å². The molecule has 94 valence electrons. The molecule has 1 atom stereocenters. The molecule has 0 aliphatic heterocycles. The maximum atomic E-state index is 5.88. The van der Waals surface area contributed by atoms with Crippen molar-refractivity contribution in [3.63, 3.8) is 0 Å². The van der Waals surface area contributed by atoms with Gasteiger partial charge >= 0.3 is 0 Å². The molecule has 2 rings (SSSR count). The predicted octanol–water partition coefficient (Wildman–Crippen LogP) is 3.48. The summed E-state index contributed by atoms with van der Waals surface area (Å²) in [5, 5.41) is 0. The Morgan fingerprint density at radius 3 is 2.29 bits per heavy atom. The fraction of sp³-hybridized carbons (Fsp3) is 0.600. The van der Waals surface area contributed by atoms with E-state index < -0.39 is 0 Å². The van der Waals surface area contributed by atoms with Gasteiger partial charge in [0, 0.05) is 24.3 Å². The van der Waals surface area contributed by atoms with Gasteiger partial charge in [0.15, 0.2) is 0 Å². The van der Waals surface area contributed by atoms with Crippen LogP contribution in [0.4, 0.5) is 5.69 Å². The third-order valence-electron chi connectivity index (χ3n) is 3.86. The first kappa shape index (κ1) is 12.4. The maximum absolute atomic E-state index is 5.88. The molecule has 0 bridgehead atoms. The fourth-order valence-corrected chi connectivity index (χ4v) is 2.84. The number of nitrogens with zero attached hydrogens (tertiary/aromatic N) is 1. The summed E-state index contributed by atoms with van der Waals surface area (Å²) in [6.07, 6.45) is 5.48. The summed E-state index contributed by atoms with van der Waals surface area (Å²) in [5.41, 5.74) is 8.45. The highest BCUT2D eigenvalue weighted by molar-refractivity contribution is 5.49. The zero-order valence-electron chi connectivity index (χ0n) is 11.0. The third-order valence-corrected chi connectivity index (χ3v) is 3.86. The first-order valence-corrected chi connectivity index (χ1v) is 6.84. The van der Waals surface area contributed by atoms with E-state index in [1.807, 2.05) is 6.92 Å². The Hall–Kier alpha value is -1.02. The maximum Gasteiger partial charge on any atom is 0.0368 e. The van der Waals surface area contributed by atoms with Crippen LogP contribution in [0.25, 0.3) is 0 Å². The summed E-state index contributed by atoms with van der Waals surface area (Å²) in [5.74, 6) is 0. The smallest absolute Gasteiger partial charge is 0.0368 e. The van der Waals surface area contributed by atoms with Crippen LogP contribution in [0.5, 0.6) is 0 Å². The second-order valence-electron chi connectivity index (χ2n) is 5.10. The van der Waals surface area contributed by atoms with Gasteiger partial charge in [0.1, 0.15) is 0 Å². The van der Waals surface area contributed by atoms with Gasteiger partial charge in [-0.05, 0) is 44.4 Å². The molecule has 2 heteroatoms. The van der Waals surface area contributed by atoms with Crippen molar-refractivity contribution in [1.29, 1.82) is 0 Å². The largest absolute Gasteiger partial charge is 0.369 e. The van der Waals surface area contributed by atoms with E-state index in [0.29, 0.717) is 0 Å². The Bertz CT molecular complexity index is 336. The molecule has 1 aromatic carbocycles. The van der Waals surface area contributed by atoms with Crippen molar-refractivity contribution in [2.75, 3.05) is 11.4 Å². The van der Waals surface area contributed by atoms with Crippen LogP contribution in [0.1, 0.15) is 51.1 Å². The molecule has 1 fully saturated rings. The number of rotatable bonds is 4. The first-order valence-electron chi connectivity index (χ1n) is 6.84. The Labute approximate surface area is 105 Å². The second kappa shape index (κ2) is 5.54. The number of benzene rings is 1. The zero-order valence-corrected chi connectivity index (χ0v) is 11.0. The summed E-state index contributed by atoms with van der Waals surface area (Å²) in [4.78, 5) is 2.54. The van der Waals surface area contributed by atoms with Gasteiger partial charge in [0.2, 0.25) is 0 Å². The van der Waals surface area contributed by atoms with Gasteiger partial charge in [-0.1, -0.05) is 25.0 Å². The first-order chi connectivity index (χ1) is 8.22. The molecule has 0 amide bonds.